The van der Waals surface area contributed by atoms with Crippen LogP contribution < -0.4 is 10.3 Å². The van der Waals surface area contributed by atoms with E-state index in [9.17, 15) is 14.7 Å². The van der Waals surface area contributed by atoms with Gasteiger partial charge in [0, 0.05) is 12.6 Å². The maximum Gasteiger partial charge on any atom is 0.342 e. The largest absolute Gasteiger partial charge is 0.494 e. The molecule has 1 aromatic carbocycles. The molecule has 1 aromatic heterocycles. The van der Waals surface area contributed by atoms with Crippen LogP contribution in [0.15, 0.2) is 35.3 Å². The van der Waals surface area contributed by atoms with E-state index in [2.05, 4.69) is 5.10 Å². The third-order valence-electron chi connectivity index (χ3n) is 2.83. The van der Waals surface area contributed by atoms with Crippen LogP contribution in [-0.4, -0.2) is 27.5 Å². The molecule has 20 heavy (non-hydrogen) atoms. The summed E-state index contributed by atoms with van der Waals surface area (Å²) in [5.41, 5.74) is -0.0183. The maximum atomic E-state index is 11.9. The van der Waals surface area contributed by atoms with Crippen LogP contribution in [0.3, 0.4) is 0 Å². The van der Waals surface area contributed by atoms with Gasteiger partial charge in [0.15, 0.2) is 0 Å². The van der Waals surface area contributed by atoms with Gasteiger partial charge in [-0.2, -0.15) is 5.10 Å². The molecule has 6 nitrogen and oxygen atoms in total. The number of ether oxygens (including phenoxy) is 1. The number of carboxylic acids is 1. The molecule has 0 spiro atoms. The van der Waals surface area contributed by atoms with E-state index in [4.69, 9.17) is 4.74 Å². The Kier molecular flexibility index (Phi) is 3.84. The minimum absolute atomic E-state index is 0.286. The molecule has 0 radical (unpaired) electrons. The number of carboxylic acid groups (broad SMARTS) is 1. The summed E-state index contributed by atoms with van der Waals surface area (Å²) in [6, 6.07) is 6.85. The van der Waals surface area contributed by atoms with Crippen LogP contribution in [0, 0.1) is 0 Å². The molecular weight excluding hydrogens is 260 g/mol. The van der Waals surface area contributed by atoms with Crippen molar-refractivity contribution in [2.24, 2.45) is 7.05 Å². The Morgan fingerprint density at radius 1 is 1.35 bits per heavy atom. The van der Waals surface area contributed by atoms with Crippen molar-refractivity contribution in [1.82, 2.24) is 9.78 Å². The summed E-state index contributed by atoms with van der Waals surface area (Å²) in [4.78, 5) is 23.1. The lowest BCUT2D eigenvalue weighted by Gasteiger charge is -2.08. The molecule has 0 saturated heterocycles. The van der Waals surface area contributed by atoms with Crippen molar-refractivity contribution in [2.75, 3.05) is 6.61 Å². The molecule has 1 N–H and O–H groups in total. The predicted octanol–water partition coefficient (Wildman–Crippen LogP) is 1.54. The molecule has 0 amide bonds. The van der Waals surface area contributed by atoms with E-state index >= 15 is 0 Å². The zero-order valence-electron chi connectivity index (χ0n) is 11.2. The van der Waals surface area contributed by atoms with E-state index in [1.807, 2.05) is 6.92 Å². The highest BCUT2D eigenvalue weighted by molar-refractivity contribution is 5.95. The van der Waals surface area contributed by atoms with E-state index in [-0.39, 0.29) is 5.56 Å². The van der Waals surface area contributed by atoms with Gasteiger partial charge in [0.05, 0.1) is 12.8 Å². The zero-order chi connectivity index (χ0) is 14.7. The number of hydrogen-bond acceptors (Lipinski definition) is 4. The normalized spacial score (nSPS) is 10.3. The van der Waals surface area contributed by atoms with Crippen LogP contribution in [0.25, 0.3) is 11.1 Å². The van der Waals surface area contributed by atoms with Crippen molar-refractivity contribution < 1.29 is 14.6 Å². The number of rotatable bonds is 4. The first-order valence-electron chi connectivity index (χ1n) is 6.07. The first-order chi connectivity index (χ1) is 9.54. The molecule has 104 valence electrons. The summed E-state index contributed by atoms with van der Waals surface area (Å²) in [5, 5.41) is 13.1. The van der Waals surface area contributed by atoms with E-state index in [0.717, 1.165) is 4.68 Å². The highest BCUT2D eigenvalue weighted by atomic mass is 16.5. The number of aryl methyl sites for hydroxylation is 1. The summed E-state index contributed by atoms with van der Waals surface area (Å²) in [7, 11) is 1.41. The van der Waals surface area contributed by atoms with Crippen molar-refractivity contribution >= 4 is 5.97 Å². The highest BCUT2D eigenvalue weighted by Crippen LogP contribution is 2.23. The number of aromatic nitrogens is 2. The highest BCUT2D eigenvalue weighted by Gasteiger charge is 2.18. The number of carbonyl (C=O) groups is 1. The van der Waals surface area contributed by atoms with Gasteiger partial charge in [-0.25, -0.2) is 9.48 Å². The summed E-state index contributed by atoms with van der Waals surface area (Å²) >= 11 is 0. The van der Waals surface area contributed by atoms with E-state index < -0.39 is 11.5 Å². The molecule has 0 aliphatic rings. The SMILES string of the molecule is CCOc1ccc(-c2cnn(C)c(=O)c2C(=O)O)cc1. The fourth-order valence-electron chi connectivity index (χ4n) is 1.86. The molecule has 1 heterocycles. The number of benzene rings is 1. The second-order valence-electron chi connectivity index (χ2n) is 4.12. The monoisotopic (exact) mass is 274 g/mol. The molecule has 2 rings (SSSR count). The zero-order valence-corrected chi connectivity index (χ0v) is 11.2. The van der Waals surface area contributed by atoms with Crippen molar-refractivity contribution in [1.29, 1.82) is 0 Å². The summed E-state index contributed by atoms with van der Waals surface area (Å²) in [5.74, 6) is -0.582. The molecule has 0 fully saturated rings. The lowest BCUT2D eigenvalue weighted by molar-refractivity contribution is 0.0694. The lowest BCUT2D eigenvalue weighted by Crippen LogP contribution is -2.27. The lowest BCUT2D eigenvalue weighted by atomic mass is 10.0. The predicted molar refractivity (Wildman–Crippen MR) is 73.0 cm³/mol. The van der Waals surface area contributed by atoms with Crippen LogP contribution in [0.1, 0.15) is 17.3 Å². The third-order valence-corrected chi connectivity index (χ3v) is 2.83. The Hall–Kier alpha value is -2.63. The third kappa shape index (κ3) is 2.54. The van der Waals surface area contributed by atoms with Gasteiger partial charge in [-0.05, 0) is 24.6 Å². The summed E-state index contributed by atoms with van der Waals surface area (Å²) in [6.45, 7) is 2.43. The van der Waals surface area contributed by atoms with E-state index in [1.54, 1.807) is 24.3 Å². The second-order valence-corrected chi connectivity index (χ2v) is 4.12. The molecule has 0 atom stereocenters. The minimum atomic E-state index is -1.27. The first kappa shape index (κ1) is 13.8. The van der Waals surface area contributed by atoms with Gasteiger partial charge < -0.3 is 9.84 Å². The molecule has 0 bridgehead atoms. The van der Waals surface area contributed by atoms with Crippen LogP contribution in [0.5, 0.6) is 5.75 Å². The molecular formula is C14H14N2O4. The standard InChI is InChI=1S/C14H14N2O4/c1-3-20-10-6-4-9(5-7-10)11-8-15-16(2)13(17)12(11)14(18)19/h4-8H,3H2,1-2H3,(H,18,19). The molecule has 0 aliphatic carbocycles. The Bertz CT molecular complexity index is 689. The fourth-order valence-corrected chi connectivity index (χ4v) is 1.86. The van der Waals surface area contributed by atoms with Gasteiger partial charge in [0.1, 0.15) is 11.3 Å². The van der Waals surface area contributed by atoms with Crippen molar-refractivity contribution in [3.63, 3.8) is 0 Å². The van der Waals surface area contributed by atoms with Crippen LogP contribution in [0.2, 0.25) is 0 Å². The van der Waals surface area contributed by atoms with Crippen LogP contribution in [0.4, 0.5) is 0 Å². The Labute approximate surface area is 115 Å². The molecule has 0 saturated carbocycles. The van der Waals surface area contributed by atoms with Crippen molar-refractivity contribution in [3.05, 3.63) is 46.4 Å². The van der Waals surface area contributed by atoms with Crippen molar-refractivity contribution in [3.8, 4) is 16.9 Å². The Morgan fingerprint density at radius 3 is 2.55 bits per heavy atom. The molecule has 6 heteroatoms. The first-order valence-corrected chi connectivity index (χ1v) is 6.07. The fraction of sp³-hybridized carbons (Fsp3) is 0.214. The topological polar surface area (TPSA) is 81.4 Å². The summed E-state index contributed by atoms with van der Waals surface area (Å²) in [6.07, 6.45) is 1.38. The average Bonchev–Trinajstić information content (AvgIpc) is 2.42. The maximum absolute atomic E-state index is 11.9. The van der Waals surface area contributed by atoms with Crippen LogP contribution >= 0.6 is 0 Å². The summed E-state index contributed by atoms with van der Waals surface area (Å²) < 4.78 is 6.32. The average molecular weight is 274 g/mol. The van der Waals surface area contributed by atoms with Gasteiger partial charge in [0.25, 0.3) is 5.56 Å². The van der Waals surface area contributed by atoms with E-state index in [1.165, 1.54) is 13.2 Å². The van der Waals surface area contributed by atoms with Crippen LogP contribution in [-0.2, 0) is 7.05 Å². The number of aromatic carboxylic acids is 1. The van der Waals surface area contributed by atoms with Gasteiger partial charge >= 0.3 is 5.97 Å². The van der Waals surface area contributed by atoms with Gasteiger partial charge in [-0.15, -0.1) is 0 Å². The molecule has 2 aromatic rings. The quantitative estimate of drug-likeness (QED) is 0.914. The van der Waals surface area contributed by atoms with Gasteiger partial charge in [-0.1, -0.05) is 12.1 Å². The van der Waals surface area contributed by atoms with Gasteiger partial charge in [-0.3, -0.25) is 4.79 Å². The van der Waals surface area contributed by atoms with E-state index in [0.29, 0.717) is 23.5 Å². The molecule has 0 unspecified atom stereocenters. The minimum Gasteiger partial charge on any atom is -0.494 e. The Balaban J connectivity index is 2.55. The molecule has 0 aliphatic heterocycles. The number of nitrogens with zero attached hydrogens (tertiary/aromatic N) is 2. The van der Waals surface area contributed by atoms with Gasteiger partial charge in [0.2, 0.25) is 0 Å². The second kappa shape index (κ2) is 5.56. The smallest absolute Gasteiger partial charge is 0.342 e. The Morgan fingerprint density at radius 2 is 2.00 bits per heavy atom. The van der Waals surface area contributed by atoms with Crippen molar-refractivity contribution in [2.45, 2.75) is 6.92 Å². The number of hydrogen-bond donors (Lipinski definition) is 1.